The Kier molecular flexibility index (Phi) is 4.25. The lowest BCUT2D eigenvalue weighted by Crippen LogP contribution is -1.89. The summed E-state index contributed by atoms with van der Waals surface area (Å²) in [4.78, 5) is 18.7. The van der Waals surface area contributed by atoms with Crippen molar-refractivity contribution in [3.63, 3.8) is 0 Å². The molecule has 7 nitrogen and oxygen atoms in total. The fraction of sp³-hybridized carbons (Fsp3) is 0. The standard InChI is InChI=1S/C21H17N5O2/c22-16-8-4-13(5-9-16)19-20(14-6-10-17(23)11-7-14)25-21(24-19)15-2-1-3-18(12-15)26(27)28/h1-12H,22-23H2,(H,24,25). The molecule has 0 saturated heterocycles. The van der Waals surface area contributed by atoms with Gasteiger partial charge in [-0.15, -0.1) is 0 Å². The maximum absolute atomic E-state index is 11.1. The summed E-state index contributed by atoms with van der Waals surface area (Å²) in [5.41, 5.74) is 16.9. The number of nitrogen functional groups attached to an aromatic ring is 2. The van der Waals surface area contributed by atoms with E-state index in [1.165, 1.54) is 12.1 Å². The lowest BCUT2D eigenvalue weighted by molar-refractivity contribution is -0.384. The number of imidazole rings is 1. The molecule has 0 amide bonds. The minimum atomic E-state index is -0.422. The number of nitrogens with one attached hydrogen (secondary N) is 1. The first-order valence-electron chi connectivity index (χ1n) is 8.58. The van der Waals surface area contributed by atoms with E-state index in [4.69, 9.17) is 16.5 Å². The molecule has 1 heterocycles. The van der Waals surface area contributed by atoms with Crippen LogP contribution in [0.2, 0.25) is 0 Å². The van der Waals surface area contributed by atoms with E-state index in [1.54, 1.807) is 12.1 Å². The lowest BCUT2D eigenvalue weighted by Gasteiger charge is -2.04. The van der Waals surface area contributed by atoms with Crippen LogP contribution in [0.5, 0.6) is 0 Å². The molecule has 0 bridgehead atoms. The van der Waals surface area contributed by atoms with Gasteiger partial charge in [0.05, 0.1) is 16.3 Å². The summed E-state index contributed by atoms with van der Waals surface area (Å²) >= 11 is 0. The van der Waals surface area contributed by atoms with Gasteiger partial charge in [-0.1, -0.05) is 36.4 Å². The number of rotatable bonds is 4. The quantitative estimate of drug-likeness (QED) is 0.277. The predicted molar refractivity (Wildman–Crippen MR) is 110 cm³/mol. The van der Waals surface area contributed by atoms with E-state index in [1.807, 2.05) is 48.5 Å². The van der Waals surface area contributed by atoms with Gasteiger partial charge in [-0.25, -0.2) is 4.98 Å². The Morgan fingerprint density at radius 1 is 0.821 bits per heavy atom. The number of non-ortho nitro benzene ring substituents is 1. The molecule has 0 radical (unpaired) electrons. The first kappa shape index (κ1) is 17.3. The number of benzene rings is 3. The Morgan fingerprint density at radius 2 is 1.43 bits per heavy atom. The molecule has 0 spiro atoms. The number of nitro groups is 1. The van der Waals surface area contributed by atoms with Gasteiger partial charge < -0.3 is 16.5 Å². The average molecular weight is 371 g/mol. The number of aromatic amines is 1. The van der Waals surface area contributed by atoms with Crippen LogP contribution in [0.15, 0.2) is 72.8 Å². The van der Waals surface area contributed by atoms with E-state index in [0.29, 0.717) is 22.8 Å². The second kappa shape index (κ2) is 6.88. The number of hydrogen-bond donors (Lipinski definition) is 3. The molecule has 4 aromatic rings. The highest BCUT2D eigenvalue weighted by atomic mass is 16.6. The minimum absolute atomic E-state index is 0.0111. The number of nitrogens with two attached hydrogens (primary N) is 2. The number of aromatic nitrogens is 2. The van der Waals surface area contributed by atoms with E-state index >= 15 is 0 Å². The molecule has 0 atom stereocenters. The Balaban J connectivity index is 1.89. The van der Waals surface area contributed by atoms with Crippen molar-refractivity contribution < 1.29 is 4.92 Å². The molecular formula is C21H17N5O2. The smallest absolute Gasteiger partial charge is 0.270 e. The zero-order chi connectivity index (χ0) is 19.7. The molecule has 138 valence electrons. The summed E-state index contributed by atoms with van der Waals surface area (Å²) in [5.74, 6) is 0.544. The van der Waals surface area contributed by atoms with Crippen LogP contribution in [0.1, 0.15) is 0 Å². The lowest BCUT2D eigenvalue weighted by atomic mass is 10.0. The van der Waals surface area contributed by atoms with E-state index in [2.05, 4.69) is 4.98 Å². The third-order valence-corrected chi connectivity index (χ3v) is 4.42. The van der Waals surface area contributed by atoms with Crippen molar-refractivity contribution in [2.24, 2.45) is 0 Å². The summed E-state index contributed by atoms with van der Waals surface area (Å²) in [5, 5.41) is 11.1. The number of anilines is 2. The topological polar surface area (TPSA) is 124 Å². The van der Waals surface area contributed by atoms with Crippen molar-refractivity contribution in [3.05, 3.63) is 82.9 Å². The Labute approximate surface area is 160 Å². The van der Waals surface area contributed by atoms with Crippen molar-refractivity contribution in [2.75, 3.05) is 11.5 Å². The third kappa shape index (κ3) is 3.28. The van der Waals surface area contributed by atoms with Crippen LogP contribution >= 0.6 is 0 Å². The van der Waals surface area contributed by atoms with Gasteiger partial charge >= 0.3 is 0 Å². The molecule has 0 aliphatic rings. The van der Waals surface area contributed by atoms with Crippen LogP contribution < -0.4 is 11.5 Å². The van der Waals surface area contributed by atoms with Crippen LogP contribution in [-0.4, -0.2) is 14.9 Å². The van der Waals surface area contributed by atoms with Crippen LogP contribution in [0.25, 0.3) is 33.9 Å². The van der Waals surface area contributed by atoms with Gasteiger partial charge in [-0.3, -0.25) is 10.1 Å². The molecule has 28 heavy (non-hydrogen) atoms. The highest BCUT2D eigenvalue weighted by Crippen LogP contribution is 2.34. The average Bonchev–Trinajstić information content (AvgIpc) is 3.14. The number of nitrogens with zero attached hydrogens (tertiary/aromatic N) is 2. The van der Waals surface area contributed by atoms with Crippen LogP contribution in [0.3, 0.4) is 0 Å². The summed E-state index contributed by atoms with van der Waals surface area (Å²) in [6.07, 6.45) is 0. The maximum atomic E-state index is 11.1. The fourth-order valence-electron chi connectivity index (χ4n) is 2.99. The number of hydrogen-bond acceptors (Lipinski definition) is 5. The monoisotopic (exact) mass is 371 g/mol. The van der Waals surface area contributed by atoms with E-state index < -0.39 is 4.92 Å². The molecule has 0 fully saturated rings. The maximum Gasteiger partial charge on any atom is 0.270 e. The van der Waals surface area contributed by atoms with Crippen LogP contribution in [0, 0.1) is 10.1 Å². The zero-order valence-corrected chi connectivity index (χ0v) is 14.8. The molecule has 3 aromatic carbocycles. The fourth-order valence-corrected chi connectivity index (χ4v) is 2.99. The number of H-pyrrole nitrogens is 1. The first-order chi connectivity index (χ1) is 13.5. The summed E-state index contributed by atoms with van der Waals surface area (Å²) in [7, 11) is 0. The van der Waals surface area contributed by atoms with Crippen molar-refractivity contribution in [1.82, 2.24) is 9.97 Å². The number of nitro benzene ring substituents is 1. The van der Waals surface area contributed by atoms with E-state index in [9.17, 15) is 10.1 Å². The highest BCUT2D eigenvalue weighted by Gasteiger charge is 2.17. The second-order valence-electron chi connectivity index (χ2n) is 6.36. The first-order valence-corrected chi connectivity index (χ1v) is 8.58. The van der Waals surface area contributed by atoms with E-state index in [-0.39, 0.29) is 5.69 Å². The van der Waals surface area contributed by atoms with Gasteiger partial charge in [-0.2, -0.15) is 0 Å². The largest absolute Gasteiger partial charge is 0.399 e. The molecule has 5 N–H and O–H groups in total. The third-order valence-electron chi connectivity index (χ3n) is 4.42. The summed E-state index contributed by atoms with van der Waals surface area (Å²) < 4.78 is 0. The van der Waals surface area contributed by atoms with Crippen molar-refractivity contribution in [2.45, 2.75) is 0 Å². The van der Waals surface area contributed by atoms with Crippen molar-refractivity contribution in [1.29, 1.82) is 0 Å². The molecule has 1 aromatic heterocycles. The summed E-state index contributed by atoms with van der Waals surface area (Å²) in [6.45, 7) is 0. The molecule has 0 saturated carbocycles. The molecule has 4 rings (SSSR count). The van der Waals surface area contributed by atoms with Crippen LogP contribution in [0.4, 0.5) is 17.1 Å². The Hall–Kier alpha value is -4.13. The zero-order valence-electron chi connectivity index (χ0n) is 14.8. The highest BCUT2D eigenvalue weighted by molar-refractivity contribution is 5.82. The molecular weight excluding hydrogens is 354 g/mol. The minimum Gasteiger partial charge on any atom is -0.399 e. The Morgan fingerprint density at radius 3 is 2.04 bits per heavy atom. The summed E-state index contributed by atoms with van der Waals surface area (Å²) in [6, 6.07) is 21.2. The molecule has 0 unspecified atom stereocenters. The predicted octanol–water partition coefficient (Wildman–Crippen LogP) is 4.48. The molecule has 7 heteroatoms. The van der Waals surface area contributed by atoms with Crippen LogP contribution in [-0.2, 0) is 0 Å². The molecule has 0 aliphatic heterocycles. The van der Waals surface area contributed by atoms with Gasteiger partial charge in [0.15, 0.2) is 0 Å². The van der Waals surface area contributed by atoms with Gasteiger partial charge in [0.25, 0.3) is 5.69 Å². The second-order valence-corrected chi connectivity index (χ2v) is 6.36. The van der Waals surface area contributed by atoms with E-state index in [0.717, 1.165) is 22.5 Å². The van der Waals surface area contributed by atoms with Crippen molar-refractivity contribution in [3.8, 4) is 33.9 Å². The van der Waals surface area contributed by atoms with Crippen molar-refractivity contribution >= 4 is 17.1 Å². The van der Waals surface area contributed by atoms with Gasteiger partial charge in [0, 0.05) is 40.2 Å². The van der Waals surface area contributed by atoms with Gasteiger partial charge in [0.2, 0.25) is 0 Å². The Bertz CT molecular complexity index is 1090. The SMILES string of the molecule is Nc1ccc(-c2nc(-c3cccc([N+](=O)[O-])c3)[nH]c2-c2ccc(N)cc2)cc1. The van der Waals surface area contributed by atoms with Gasteiger partial charge in [0.1, 0.15) is 5.82 Å². The van der Waals surface area contributed by atoms with Gasteiger partial charge in [-0.05, 0) is 24.3 Å². The molecule has 0 aliphatic carbocycles. The normalized spacial score (nSPS) is 10.7.